The second-order valence-corrected chi connectivity index (χ2v) is 7.16. The van der Waals surface area contributed by atoms with E-state index in [1.165, 1.54) is 0 Å². The number of Topliss-reactive ketones (excluding diaryl/α,β-unsaturated/α-hetero) is 1. The van der Waals surface area contributed by atoms with Crippen molar-refractivity contribution in [1.82, 2.24) is 10.1 Å². The minimum Gasteiger partial charge on any atom is -0.485 e. The zero-order valence-corrected chi connectivity index (χ0v) is 17.7. The summed E-state index contributed by atoms with van der Waals surface area (Å²) < 4.78 is 16.0. The van der Waals surface area contributed by atoms with Crippen LogP contribution in [0.5, 0.6) is 5.75 Å². The molecule has 2 aromatic carbocycles. The predicted molar refractivity (Wildman–Crippen MR) is 110 cm³/mol. The van der Waals surface area contributed by atoms with Gasteiger partial charge < -0.3 is 14.0 Å². The predicted octanol–water partition coefficient (Wildman–Crippen LogP) is 4.44. The molecule has 1 aromatic heterocycles. The van der Waals surface area contributed by atoms with Crippen LogP contribution in [0, 0.1) is 27.7 Å². The first-order valence-corrected chi connectivity index (χ1v) is 9.56. The standard InChI is InChI=1S/C23H24N2O5/c1-13-10-14(2)22(16(4)26)15(3)20(13)11-29-23(27)18-6-8-19(9-7-18)28-12-21-24-17(5)30-25-21/h6-10H,11-12H2,1-5H3. The summed E-state index contributed by atoms with van der Waals surface area (Å²) >= 11 is 0. The average Bonchev–Trinajstić information content (AvgIpc) is 3.11. The first-order chi connectivity index (χ1) is 14.3. The molecule has 7 heteroatoms. The first kappa shape index (κ1) is 21.2. The Kier molecular flexibility index (Phi) is 6.30. The molecule has 0 bridgehead atoms. The largest absolute Gasteiger partial charge is 0.485 e. The molecule has 0 aliphatic heterocycles. The maximum absolute atomic E-state index is 12.5. The third-order valence-electron chi connectivity index (χ3n) is 4.86. The smallest absolute Gasteiger partial charge is 0.338 e. The number of esters is 1. The molecule has 0 spiro atoms. The highest BCUT2D eigenvalue weighted by Gasteiger charge is 2.16. The number of nitrogens with zero attached hydrogens (tertiary/aromatic N) is 2. The molecular weight excluding hydrogens is 384 g/mol. The molecule has 0 N–H and O–H groups in total. The van der Waals surface area contributed by atoms with E-state index in [4.69, 9.17) is 14.0 Å². The van der Waals surface area contributed by atoms with Gasteiger partial charge in [-0.3, -0.25) is 4.79 Å². The topological polar surface area (TPSA) is 91.5 Å². The lowest BCUT2D eigenvalue weighted by molar-refractivity contribution is 0.0471. The lowest BCUT2D eigenvalue weighted by Crippen LogP contribution is -2.10. The third-order valence-corrected chi connectivity index (χ3v) is 4.86. The van der Waals surface area contributed by atoms with Crippen molar-refractivity contribution in [2.24, 2.45) is 0 Å². The zero-order chi connectivity index (χ0) is 21.8. The Morgan fingerprint density at radius 3 is 2.30 bits per heavy atom. The van der Waals surface area contributed by atoms with Crippen molar-refractivity contribution in [3.05, 3.63) is 75.4 Å². The van der Waals surface area contributed by atoms with E-state index in [0.717, 1.165) is 22.3 Å². The number of carbonyl (C=O) groups is 2. The van der Waals surface area contributed by atoms with Crippen LogP contribution in [0.4, 0.5) is 0 Å². The minimum absolute atomic E-state index is 0.00384. The van der Waals surface area contributed by atoms with Crippen molar-refractivity contribution in [3.63, 3.8) is 0 Å². The van der Waals surface area contributed by atoms with E-state index in [0.29, 0.717) is 28.6 Å². The highest BCUT2D eigenvalue weighted by atomic mass is 16.5. The fourth-order valence-corrected chi connectivity index (χ4v) is 3.45. The number of aromatic nitrogens is 2. The van der Waals surface area contributed by atoms with Crippen LogP contribution >= 0.6 is 0 Å². The number of benzene rings is 2. The highest BCUT2D eigenvalue weighted by molar-refractivity contribution is 5.97. The summed E-state index contributed by atoms with van der Waals surface area (Å²) in [6.45, 7) is 9.27. The molecule has 156 valence electrons. The molecule has 0 aliphatic carbocycles. The lowest BCUT2D eigenvalue weighted by Gasteiger charge is -2.16. The van der Waals surface area contributed by atoms with Gasteiger partial charge in [-0.1, -0.05) is 11.2 Å². The van der Waals surface area contributed by atoms with Gasteiger partial charge in [0.25, 0.3) is 0 Å². The number of hydrogen-bond acceptors (Lipinski definition) is 7. The van der Waals surface area contributed by atoms with Gasteiger partial charge in [0.05, 0.1) is 5.56 Å². The summed E-state index contributed by atoms with van der Waals surface area (Å²) in [5.74, 6) is 1.06. The van der Waals surface area contributed by atoms with Crippen molar-refractivity contribution in [2.45, 2.75) is 47.8 Å². The molecule has 0 saturated carbocycles. The Morgan fingerprint density at radius 1 is 1.00 bits per heavy atom. The SMILES string of the molecule is CC(=O)c1c(C)cc(C)c(COC(=O)c2ccc(OCc3noc(C)n3)cc2)c1C. The van der Waals surface area contributed by atoms with E-state index >= 15 is 0 Å². The molecule has 0 amide bonds. The third kappa shape index (κ3) is 4.74. The van der Waals surface area contributed by atoms with Crippen LogP contribution in [-0.2, 0) is 18.0 Å². The van der Waals surface area contributed by atoms with Crippen molar-refractivity contribution in [1.29, 1.82) is 0 Å². The van der Waals surface area contributed by atoms with E-state index in [1.54, 1.807) is 38.1 Å². The minimum atomic E-state index is -0.445. The number of aryl methyl sites for hydroxylation is 3. The Balaban J connectivity index is 1.64. The molecule has 0 fully saturated rings. The second-order valence-electron chi connectivity index (χ2n) is 7.16. The number of rotatable bonds is 7. The Bertz CT molecular complexity index is 1080. The highest BCUT2D eigenvalue weighted by Crippen LogP contribution is 2.24. The number of ether oxygens (including phenoxy) is 2. The zero-order valence-electron chi connectivity index (χ0n) is 17.7. The summed E-state index contributed by atoms with van der Waals surface area (Å²) in [6.07, 6.45) is 0. The van der Waals surface area contributed by atoms with E-state index in [1.807, 2.05) is 26.8 Å². The van der Waals surface area contributed by atoms with Gasteiger partial charge in [0.1, 0.15) is 12.4 Å². The van der Waals surface area contributed by atoms with E-state index in [9.17, 15) is 9.59 Å². The lowest BCUT2D eigenvalue weighted by atomic mass is 9.92. The summed E-state index contributed by atoms with van der Waals surface area (Å²) in [5, 5.41) is 3.76. The molecule has 0 unspecified atom stereocenters. The summed E-state index contributed by atoms with van der Waals surface area (Å²) in [6, 6.07) is 8.58. The van der Waals surface area contributed by atoms with Crippen molar-refractivity contribution < 1.29 is 23.6 Å². The quantitative estimate of drug-likeness (QED) is 0.421. The molecule has 0 atom stereocenters. The van der Waals surface area contributed by atoms with Crippen LogP contribution in [0.3, 0.4) is 0 Å². The average molecular weight is 408 g/mol. The molecule has 0 saturated heterocycles. The van der Waals surface area contributed by atoms with Crippen LogP contribution in [0.15, 0.2) is 34.9 Å². The van der Waals surface area contributed by atoms with Crippen molar-refractivity contribution in [3.8, 4) is 5.75 Å². The molecule has 0 aliphatic rings. The molecule has 1 heterocycles. The fourth-order valence-electron chi connectivity index (χ4n) is 3.45. The van der Waals surface area contributed by atoms with Gasteiger partial charge in [-0.05, 0) is 74.2 Å². The monoisotopic (exact) mass is 408 g/mol. The van der Waals surface area contributed by atoms with Crippen LogP contribution in [0.2, 0.25) is 0 Å². The molecule has 3 aromatic rings. The Labute approximate surface area is 175 Å². The van der Waals surface area contributed by atoms with Crippen LogP contribution in [0.1, 0.15) is 61.6 Å². The molecule has 30 heavy (non-hydrogen) atoms. The van der Waals surface area contributed by atoms with Gasteiger partial charge in [0, 0.05) is 12.5 Å². The van der Waals surface area contributed by atoms with Crippen molar-refractivity contribution in [2.75, 3.05) is 0 Å². The van der Waals surface area contributed by atoms with E-state index in [-0.39, 0.29) is 19.0 Å². The van der Waals surface area contributed by atoms with Crippen LogP contribution in [0.25, 0.3) is 0 Å². The van der Waals surface area contributed by atoms with Crippen LogP contribution < -0.4 is 4.74 Å². The second kappa shape index (κ2) is 8.90. The fraction of sp³-hybridized carbons (Fsp3) is 0.304. The van der Waals surface area contributed by atoms with E-state index < -0.39 is 5.97 Å². The van der Waals surface area contributed by atoms with E-state index in [2.05, 4.69) is 10.1 Å². The van der Waals surface area contributed by atoms with Gasteiger partial charge >= 0.3 is 5.97 Å². The molecule has 3 rings (SSSR count). The van der Waals surface area contributed by atoms with Gasteiger partial charge in [-0.2, -0.15) is 4.98 Å². The van der Waals surface area contributed by atoms with Gasteiger partial charge in [0.15, 0.2) is 12.4 Å². The Hall–Kier alpha value is -3.48. The number of hydrogen-bond donors (Lipinski definition) is 0. The maximum atomic E-state index is 12.5. The molecule has 0 radical (unpaired) electrons. The van der Waals surface area contributed by atoms with Gasteiger partial charge in [-0.25, -0.2) is 4.79 Å². The summed E-state index contributed by atoms with van der Waals surface area (Å²) in [4.78, 5) is 28.5. The summed E-state index contributed by atoms with van der Waals surface area (Å²) in [5.41, 5.74) is 4.72. The molecule has 7 nitrogen and oxygen atoms in total. The maximum Gasteiger partial charge on any atom is 0.338 e. The number of carbonyl (C=O) groups excluding carboxylic acids is 2. The normalized spacial score (nSPS) is 10.7. The van der Waals surface area contributed by atoms with Gasteiger partial charge in [-0.15, -0.1) is 0 Å². The van der Waals surface area contributed by atoms with Gasteiger partial charge in [0.2, 0.25) is 11.7 Å². The Morgan fingerprint density at radius 2 is 1.70 bits per heavy atom. The first-order valence-electron chi connectivity index (χ1n) is 9.56. The summed E-state index contributed by atoms with van der Waals surface area (Å²) in [7, 11) is 0. The number of ketones is 1. The molecular formula is C23H24N2O5. The van der Waals surface area contributed by atoms with Crippen LogP contribution in [-0.4, -0.2) is 21.9 Å². The van der Waals surface area contributed by atoms with Crippen molar-refractivity contribution >= 4 is 11.8 Å².